The van der Waals surface area contributed by atoms with Crippen LogP contribution < -0.4 is 9.80 Å². The van der Waals surface area contributed by atoms with Crippen LogP contribution in [0.2, 0.25) is 0 Å². The van der Waals surface area contributed by atoms with Gasteiger partial charge in [0.2, 0.25) is 0 Å². The molecule has 0 N–H and O–H groups in total. The van der Waals surface area contributed by atoms with Crippen molar-refractivity contribution in [2.45, 2.75) is 39.5 Å². The van der Waals surface area contributed by atoms with Crippen LogP contribution in [0.5, 0.6) is 0 Å². The number of hydrogen-bond donors (Lipinski definition) is 0. The molecule has 1 aliphatic rings. The van der Waals surface area contributed by atoms with E-state index in [1.807, 2.05) is 97.0 Å². The van der Waals surface area contributed by atoms with E-state index in [0.717, 1.165) is 22.8 Å². The van der Waals surface area contributed by atoms with Gasteiger partial charge in [0.05, 0.1) is 5.82 Å². The van der Waals surface area contributed by atoms with Crippen LogP contribution in [0.15, 0.2) is 140 Å². The van der Waals surface area contributed by atoms with Crippen LogP contribution in [0.1, 0.15) is 50.7 Å². The average Bonchev–Trinajstić information content (AvgIpc) is 3.81. The van der Waals surface area contributed by atoms with Crippen LogP contribution in [0.4, 0.5) is 11.4 Å². The topological polar surface area (TPSA) is 37.2 Å². The van der Waals surface area contributed by atoms with Gasteiger partial charge in [0, 0.05) is 11.4 Å². The van der Waals surface area contributed by atoms with Crippen LogP contribution in [-0.2, 0) is 20.1 Å². The first kappa shape index (κ1) is 33.6. The van der Waals surface area contributed by atoms with E-state index in [1.165, 1.54) is 27.9 Å². The Morgan fingerprint density at radius 1 is 0.638 bits per heavy atom. The Bertz CT molecular complexity index is 1790. The van der Waals surface area contributed by atoms with Gasteiger partial charge in [-0.1, -0.05) is 76.2 Å². The molecule has 5 nitrogen and oxygen atoms in total. The van der Waals surface area contributed by atoms with E-state index in [2.05, 4.69) is 114 Å². The molecule has 0 saturated heterocycles. The molecule has 0 fully saturated rings. The molecule has 0 bridgehead atoms. The van der Waals surface area contributed by atoms with Gasteiger partial charge in [0.15, 0.2) is 0 Å². The smallest absolute Gasteiger partial charge is 0.500 e. The Labute approximate surface area is 292 Å². The third kappa shape index (κ3) is 7.79. The monoisotopic (exact) mass is 793 g/mol. The van der Waals surface area contributed by atoms with E-state index in [1.54, 1.807) is 0 Å². The molecule has 5 aromatic carbocycles. The maximum atomic E-state index is 4.43. The molecule has 0 radical (unpaired) electrons. The molecular weight excluding hydrogens is 755 g/mol. The molecule has 6 heteroatoms. The van der Waals surface area contributed by atoms with E-state index in [4.69, 9.17) is 0 Å². The largest absolute Gasteiger partial charge is 3.00 e. The molecule has 2 heterocycles. The van der Waals surface area contributed by atoms with E-state index in [9.17, 15) is 0 Å². The van der Waals surface area contributed by atoms with Crippen LogP contribution in [0.3, 0.4) is 0 Å². The molecule has 6 aromatic rings. The summed E-state index contributed by atoms with van der Waals surface area (Å²) in [6.45, 7) is 11.0. The molecule has 1 aromatic heterocycles. The van der Waals surface area contributed by atoms with Gasteiger partial charge < -0.3 is 14.4 Å². The van der Waals surface area contributed by atoms with Crippen molar-refractivity contribution in [1.29, 1.82) is 0 Å². The van der Waals surface area contributed by atoms with Gasteiger partial charge in [-0.2, -0.15) is 35.4 Å². The summed E-state index contributed by atoms with van der Waals surface area (Å²) in [6, 6.07) is 47.8. The fraction of sp³-hybridized carbons (Fsp3) is 0.146. The first-order valence-electron chi connectivity index (χ1n) is 15.7. The average molecular weight is 793 g/mol. The number of hydrogen-bond acceptors (Lipinski definition) is 4. The van der Waals surface area contributed by atoms with Gasteiger partial charge in [-0.3, -0.25) is 0 Å². The molecule has 0 saturated carbocycles. The van der Waals surface area contributed by atoms with E-state index < -0.39 is 0 Å². The van der Waals surface area contributed by atoms with Gasteiger partial charge in [0.25, 0.3) is 0 Å². The van der Waals surface area contributed by atoms with Crippen molar-refractivity contribution in [1.82, 2.24) is 14.8 Å². The second-order valence-corrected chi connectivity index (χ2v) is 11.8. The summed E-state index contributed by atoms with van der Waals surface area (Å²) < 4.78 is 2.13. The van der Waals surface area contributed by atoms with Crippen molar-refractivity contribution in [3.63, 3.8) is 0 Å². The maximum Gasteiger partial charge on any atom is 3.00 e. The molecular formula is C41H38IrN5. The molecule has 47 heavy (non-hydrogen) atoms. The Kier molecular flexibility index (Phi) is 11.2. The minimum Gasteiger partial charge on any atom is -0.500 e. The Hall–Kier alpha value is -4.77. The number of aromatic nitrogens is 3. The van der Waals surface area contributed by atoms with Crippen molar-refractivity contribution in [2.24, 2.45) is 0 Å². The first-order valence-corrected chi connectivity index (χ1v) is 15.7. The predicted molar refractivity (Wildman–Crippen MR) is 189 cm³/mol. The van der Waals surface area contributed by atoms with Gasteiger partial charge in [-0.25, -0.2) is 0 Å². The third-order valence-corrected chi connectivity index (χ3v) is 7.92. The number of rotatable bonds is 7. The summed E-state index contributed by atoms with van der Waals surface area (Å²) in [4.78, 5) is 4.13. The van der Waals surface area contributed by atoms with E-state index in [0.29, 0.717) is 11.8 Å². The van der Waals surface area contributed by atoms with Gasteiger partial charge in [0.1, 0.15) is 6.33 Å². The fourth-order valence-electron chi connectivity index (χ4n) is 5.54. The first-order chi connectivity index (χ1) is 22.5. The zero-order valence-electron chi connectivity index (χ0n) is 27.1. The van der Waals surface area contributed by atoms with Crippen molar-refractivity contribution in [3.8, 4) is 28.2 Å². The summed E-state index contributed by atoms with van der Waals surface area (Å²) in [5.41, 5.74) is 9.42. The van der Waals surface area contributed by atoms with Crippen LogP contribution in [0, 0.1) is 18.8 Å². The summed E-state index contributed by atoms with van der Waals surface area (Å²) >= 11 is 0. The quantitative estimate of drug-likeness (QED) is 0.151. The van der Waals surface area contributed by atoms with Crippen molar-refractivity contribution >= 4 is 11.4 Å². The number of nitrogens with zero attached hydrogens (tertiary/aromatic N) is 5. The fourth-order valence-corrected chi connectivity index (χ4v) is 5.54. The summed E-state index contributed by atoms with van der Waals surface area (Å²) in [7, 11) is 0. The second kappa shape index (κ2) is 15.7. The molecule has 236 valence electrons. The number of benzene rings is 5. The molecule has 0 unspecified atom stereocenters. The SMILES string of the molecule is CC(C)c1cc(-c2ccccc2)cc(C(C)C)c1-n1cnnc1-c1[c-]cccc1.[Ir+3].[c-]1ccccc1N1C=CN(c2ccccc2)[CH-]1. The molecule has 0 spiro atoms. The van der Waals surface area contributed by atoms with Crippen molar-refractivity contribution < 1.29 is 20.1 Å². The predicted octanol–water partition coefficient (Wildman–Crippen LogP) is 10.0. The van der Waals surface area contributed by atoms with Crippen LogP contribution in [0.25, 0.3) is 28.2 Å². The minimum atomic E-state index is 0. The number of para-hydroxylation sites is 2. The van der Waals surface area contributed by atoms with E-state index in [-0.39, 0.29) is 20.1 Å². The third-order valence-electron chi connectivity index (χ3n) is 7.92. The van der Waals surface area contributed by atoms with Gasteiger partial charge in [-0.15, -0.1) is 53.4 Å². The van der Waals surface area contributed by atoms with Gasteiger partial charge >= 0.3 is 20.1 Å². The van der Waals surface area contributed by atoms with Crippen molar-refractivity contribution in [2.75, 3.05) is 9.80 Å². The summed E-state index contributed by atoms with van der Waals surface area (Å²) in [5.74, 6) is 1.55. The van der Waals surface area contributed by atoms with Crippen LogP contribution >= 0.6 is 0 Å². The maximum absolute atomic E-state index is 4.43. The zero-order chi connectivity index (χ0) is 31.9. The normalized spacial score (nSPS) is 12.2. The molecule has 7 rings (SSSR count). The Morgan fingerprint density at radius 2 is 1.23 bits per heavy atom. The zero-order valence-corrected chi connectivity index (χ0v) is 29.5. The van der Waals surface area contributed by atoms with Crippen molar-refractivity contribution in [3.05, 3.63) is 170 Å². The number of anilines is 2. The van der Waals surface area contributed by atoms with Gasteiger partial charge in [-0.05, 0) is 70.8 Å². The summed E-state index contributed by atoms with van der Waals surface area (Å²) in [5, 5.41) is 8.68. The second-order valence-electron chi connectivity index (χ2n) is 11.8. The minimum absolute atomic E-state index is 0. The Morgan fingerprint density at radius 3 is 1.83 bits per heavy atom. The standard InChI is InChI=1S/C26H26N3.C15H12N2.Ir/c1-18(2)23-15-22(20-11-7-5-8-12-20)16-24(19(3)4)25(23)29-17-27-28-26(29)21-13-9-6-10-14-21;1-3-7-14(8-4-1)16-11-12-17(13-16)15-9-5-2-6-10-15;/h5-13,15-19H,1-4H3;1-9,11-13H;/q-1;-2;+3. The summed E-state index contributed by atoms with van der Waals surface area (Å²) in [6.07, 6.45) is 5.89. The van der Waals surface area contributed by atoms with Crippen LogP contribution in [-0.4, -0.2) is 14.8 Å². The van der Waals surface area contributed by atoms with E-state index >= 15 is 0 Å². The molecule has 0 amide bonds. The molecule has 1 aliphatic heterocycles. The molecule has 0 aliphatic carbocycles. The molecule has 0 atom stereocenters. The Balaban J connectivity index is 0.000000205.